The number of nitrogens with one attached hydrogen (secondary N) is 2. The number of aromatic nitrogens is 1. The topological polar surface area (TPSA) is 131 Å². The second-order valence-electron chi connectivity index (χ2n) is 6.03. The highest BCUT2D eigenvalue weighted by atomic mass is 16.6. The Labute approximate surface area is 154 Å². The minimum Gasteiger partial charge on any atom is -0.463 e. The molecule has 0 aliphatic carbocycles. The number of nitro benzene ring substituents is 1. The first kappa shape index (κ1) is 19.8. The van der Waals surface area contributed by atoms with Crippen LogP contribution in [0, 0.1) is 10.1 Å². The second kappa shape index (κ2) is 8.75. The number of ether oxygens (including phenoxy) is 1. The van der Waals surface area contributed by atoms with Crippen LogP contribution in [-0.4, -0.2) is 27.9 Å². The average molecular weight is 373 g/mol. The molecule has 0 unspecified atom stereocenters. The molecular formula is C18H19N3O6. The van der Waals surface area contributed by atoms with E-state index in [2.05, 4.69) is 10.3 Å². The van der Waals surface area contributed by atoms with Gasteiger partial charge in [-0.15, -0.1) is 0 Å². The van der Waals surface area contributed by atoms with Gasteiger partial charge >= 0.3 is 5.97 Å². The number of nitrogens with zero attached hydrogens (tertiary/aromatic N) is 1. The summed E-state index contributed by atoms with van der Waals surface area (Å²) in [5.74, 6) is -1.19. The largest absolute Gasteiger partial charge is 0.463 e. The summed E-state index contributed by atoms with van der Waals surface area (Å²) in [5.41, 5.74) is -0.264. The summed E-state index contributed by atoms with van der Waals surface area (Å²) in [7, 11) is 0. The number of hydrogen-bond donors (Lipinski definition) is 2. The monoisotopic (exact) mass is 373 g/mol. The van der Waals surface area contributed by atoms with E-state index < -0.39 is 22.8 Å². The zero-order chi connectivity index (χ0) is 20.0. The number of aromatic amines is 1. The molecule has 2 N–H and O–H groups in total. The number of hydrogen-bond acceptors (Lipinski definition) is 6. The van der Waals surface area contributed by atoms with Crippen LogP contribution in [0.5, 0.6) is 0 Å². The molecule has 9 heteroatoms. The summed E-state index contributed by atoms with van der Waals surface area (Å²) in [6, 6.07) is 7.36. The number of para-hydroxylation sites is 1. The first-order valence-corrected chi connectivity index (χ1v) is 8.20. The lowest BCUT2D eigenvalue weighted by Gasteiger charge is -2.19. The van der Waals surface area contributed by atoms with Gasteiger partial charge in [0.1, 0.15) is 0 Å². The summed E-state index contributed by atoms with van der Waals surface area (Å²) in [6.45, 7) is 3.35. The van der Waals surface area contributed by atoms with Crippen LogP contribution in [-0.2, 0) is 9.53 Å². The van der Waals surface area contributed by atoms with Crippen molar-refractivity contribution >= 4 is 17.6 Å². The molecule has 0 spiro atoms. The lowest BCUT2D eigenvalue weighted by Crippen LogP contribution is -2.32. The van der Waals surface area contributed by atoms with Crippen LogP contribution in [0.15, 0.2) is 47.4 Å². The third-order valence-corrected chi connectivity index (χ3v) is 3.60. The van der Waals surface area contributed by atoms with E-state index in [1.165, 1.54) is 36.5 Å². The highest BCUT2D eigenvalue weighted by Crippen LogP contribution is 2.27. The van der Waals surface area contributed by atoms with Gasteiger partial charge < -0.3 is 15.0 Å². The lowest BCUT2D eigenvalue weighted by atomic mass is 10.0. The quantitative estimate of drug-likeness (QED) is 0.434. The average Bonchev–Trinajstić information content (AvgIpc) is 2.61. The van der Waals surface area contributed by atoms with E-state index in [0.29, 0.717) is 0 Å². The molecule has 9 nitrogen and oxygen atoms in total. The summed E-state index contributed by atoms with van der Waals surface area (Å²) < 4.78 is 5.10. The Hall–Kier alpha value is -3.49. The normalized spacial score (nSPS) is 11.7. The van der Waals surface area contributed by atoms with Crippen molar-refractivity contribution < 1.29 is 19.2 Å². The Kier molecular flexibility index (Phi) is 6.42. The number of nitro groups is 1. The maximum Gasteiger partial charge on any atom is 0.308 e. The van der Waals surface area contributed by atoms with Crippen molar-refractivity contribution in [3.63, 3.8) is 0 Å². The highest BCUT2D eigenvalue weighted by molar-refractivity contribution is 5.94. The molecule has 0 radical (unpaired) electrons. The molecule has 0 saturated heterocycles. The number of amides is 1. The molecule has 0 bridgehead atoms. The Morgan fingerprint density at radius 1 is 1.22 bits per heavy atom. The second-order valence-corrected chi connectivity index (χ2v) is 6.03. The molecule has 1 amide bonds. The molecule has 0 aliphatic heterocycles. The molecule has 0 aliphatic rings. The first-order chi connectivity index (χ1) is 12.8. The number of rotatable bonds is 7. The van der Waals surface area contributed by atoms with Crippen molar-refractivity contribution in [1.82, 2.24) is 10.3 Å². The fraction of sp³-hybridized carbons (Fsp3) is 0.278. The van der Waals surface area contributed by atoms with Crippen LogP contribution in [0.25, 0.3) is 0 Å². The van der Waals surface area contributed by atoms with Crippen molar-refractivity contribution in [2.45, 2.75) is 32.4 Å². The highest BCUT2D eigenvalue weighted by Gasteiger charge is 2.27. The van der Waals surface area contributed by atoms with Crippen LogP contribution < -0.4 is 10.9 Å². The number of esters is 1. The number of pyridine rings is 1. The predicted molar refractivity (Wildman–Crippen MR) is 96.2 cm³/mol. The van der Waals surface area contributed by atoms with Crippen molar-refractivity contribution in [3.05, 3.63) is 74.2 Å². The van der Waals surface area contributed by atoms with E-state index in [1.807, 2.05) is 0 Å². The van der Waals surface area contributed by atoms with Crippen molar-refractivity contribution in [1.29, 1.82) is 0 Å². The van der Waals surface area contributed by atoms with Crippen LogP contribution >= 0.6 is 0 Å². The zero-order valence-corrected chi connectivity index (χ0v) is 14.8. The fourth-order valence-corrected chi connectivity index (χ4v) is 2.46. The van der Waals surface area contributed by atoms with Gasteiger partial charge in [-0.3, -0.25) is 24.5 Å². The molecule has 0 fully saturated rings. The van der Waals surface area contributed by atoms with E-state index in [-0.39, 0.29) is 34.9 Å². The van der Waals surface area contributed by atoms with E-state index in [9.17, 15) is 24.5 Å². The first-order valence-electron chi connectivity index (χ1n) is 8.20. The van der Waals surface area contributed by atoms with Gasteiger partial charge in [0, 0.05) is 18.3 Å². The molecule has 0 saturated carbocycles. The fourth-order valence-electron chi connectivity index (χ4n) is 2.46. The predicted octanol–water partition coefficient (Wildman–Crippen LogP) is 2.10. The van der Waals surface area contributed by atoms with E-state index in [0.717, 1.165) is 0 Å². The van der Waals surface area contributed by atoms with E-state index >= 15 is 0 Å². The molecule has 142 valence electrons. The van der Waals surface area contributed by atoms with Gasteiger partial charge in [-0.2, -0.15) is 0 Å². The van der Waals surface area contributed by atoms with Gasteiger partial charge in [0.25, 0.3) is 11.6 Å². The third kappa shape index (κ3) is 5.50. The molecule has 2 aromatic rings. The summed E-state index contributed by atoms with van der Waals surface area (Å²) >= 11 is 0. The summed E-state index contributed by atoms with van der Waals surface area (Å²) in [5, 5.41) is 13.9. The SMILES string of the molecule is CC(C)OC(=O)C[C@H](NC(=O)c1ccc(=O)[nH]c1)c1ccccc1[N+](=O)[O-]. The van der Waals surface area contributed by atoms with Gasteiger partial charge in [-0.1, -0.05) is 18.2 Å². The summed E-state index contributed by atoms with van der Waals surface area (Å²) in [6.07, 6.45) is 0.581. The number of carbonyl (C=O) groups excluding carboxylic acids is 2. The minimum atomic E-state index is -0.975. The lowest BCUT2D eigenvalue weighted by molar-refractivity contribution is -0.385. The molecule has 1 atom stereocenters. The maximum atomic E-state index is 12.5. The van der Waals surface area contributed by atoms with E-state index in [4.69, 9.17) is 4.74 Å². The number of carbonyl (C=O) groups is 2. The van der Waals surface area contributed by atoms with Gasteiger partial charge in [0.15, 0.2) is 0 Å². The van der Waals surface area contributed by atoms with Crippen molar-refractivity contribution in [3.8, 4) is 0 Å². The minimum absolute atomic E-state index is 0.149. The van der Waals surface area contributed by atoms with Gasteiger partial charge in [-0.05, 0) is 19.9 Å². The van der Waals surface area contributed by atoms with Crippen LogP contribution in [0.2, 0.25) is 0 Å². The molecule has 1 aromatic carbocycles. The Morgan fingerprint density at radius 3 is 2.52 bits per heavy atom. The Bertz CT molecular complexity index is 885. The zero-order valence-electron chi connectivity index (χ0n) is 14.8. The van der Waals surface area contributed by atoms with Crippen molar-refractivity contribution in [2.75, 3.05) is 0 Å². The van der Waals surface area contributed by atoms with Crippen LogP contribution in [0.1, 0.15) is 42.2 Å². The smallest absolute Gasteiger partial charge is 0.308 e. The molecule has 1 heterocycles. The maximum absolute atomic E-state index is 12.5. The molecule has 2 rings (SSSR count). The summed E-state index contributed by atoms with van der Waals surface area (Å²) in [4.78, 5) is 48.8. The van der Waals surface area contributed by atoms with Gasteiger partial charge in [0.2, 0.25) is 5.56 Å². The standard InChI is InChI=1S/C18H19N3O6/c1-11(2)27-17(23)9-14(13-5-3-4-6-15(13)21(25)26)20-18(24)12-7-8-16(22)19-10-12/h3-8,10-11,14H,9H2,1-2H3,(H,19,22)(H,20,24)/t14-/m0/s1. The van der Waals surface area contributed by atoms with Crippen molar-refractivity contribution in [2.24, 2.45) is 0 Å². The third-order valence-electron chi connectivity index (χ3n) is 3.60. The van der Waals surface area contributed by atoms with Crippen LogP contribution in [0.3, 0.4) is 0 Å². The Morgan fingerprint density at radius 2 is 1.93 bits per heavy atom. The van der Waals surface area contributed by atoms with Gasteiger partial charge in [0.05, 0.1) is 34.6 Å². The number of H-pyrrole nitrogens is 1. The number of benzene rings is 1. The molecular weight excluding hydrogens is 354 g/mol. The molecule has 1 aromatic heterocycles. The van der Waals surface area contributed by atoms with Crippen LogP contribution in [0.4, 0.5) is 5.69 Å². The molecule has 27 heavy (non-hydrogen) atoms. The van der Waals surface area contributed by atoms with E-state index in [1.54, 1.807) is 19.9 Å². The Balaban J connectivity index is 2.33. The van der Waals surface area contributed by atoms with Gasteiger partial charge in [-0.25, -0.2) is 0 Å².